The fourth-order valence-electron chi connectivity index (χ4n) is 2.31. The van der Waals surface area contributed by atoms with Gasteiger partial charge in [-0.15, -0.1) is 0 Å². The number of aryl methyl sites for hydroxylation is 1. The van der Waals surface area contributed by atoms with Gasteiger partial charge >= 0.3 is 0 Å². The highest BCUT2D eigenvalue weighted by Gasteiger charge is 2.20. The van der Waals surface area contributed by atoms with Crippen molar-refractivity contribution < 1.29 is 9.53 Å². The predicted molar refractivity (Wildman–Crippen MR) is 68.6 cm³/mol. The normalized spacial score (nSPS) is 20.0. The Kier molecular flexibility index (Phi) is 3.51. The van der Waals surface area contributed by atoms with Gasteiger partial charge in [-0.05, 0) is 50.3 Å². The molecule has 1 atom stereocenters. The van der Waals surface area contributed by atoms with Gasteiger partial charge in [0.25, 0.3) is 0 Å². The summed E-state index contributed by atoms with van der Waals surface area (Å²) in [5, 5.41) is 0. The van der Waals surface area contributed by atoms with Crippen LogP contribution < -0.4 is 4.74 Å². The van der Waals surface area contributed by atoms with E-state index < -0.39 is 0 Å². The first-order chi connectivity index (χ1) is 8.06. The van der Waals surface area contributed by atoms with Crippen LogP contribution in [0, 0.1) is 5.92 Å². The van der Waals surface area contributed by atoms with Gasteiger partial charge in [-0.1, -0.05) is 13.0 Å². The zero-order valence-electron chi connectivity index (χ0n) is 10.8. The van der Waals surface area contributed by atoms with Crippen LogP contribution in [0.5, 0.6) is 5.75 Å². The lowest BCUT2D eigenvalue weighted by Gasteiger charge is -2.12. The Labute approximate surface area is 103 Å². The van der Waals surface area contributed by atoms with Gasteiger partial charge < -0.3 is 4.74 Å². The summed E-state index contributed by atoms with van der Waals surface area (Å²) < 4.78 is 5.64. The van der Waals surface area contributed by atoms with Gasteiger partial charge in [0.15, 0.2) is 5.78 Å². The molecule has 1 aromatic rings. The molecule has 2 heteroatoms. The van der Waals surface area contributed by atoms with Crippen molar-refractivity contribution in [1.82, 2.24) is 0 Å². The number of hydrogen-bond donors (Lipinski definition) is 0. The molecule has 0 bridgehead atoms. The van der Waals surface area contributed by atoms with E-state index in [0.29, 0.717) is 12.3 Å². The van der Waals surface area contributed by atoms with Crippen LogP contribution in [0.2, 0.25) is 0 Å². The average Bonchev–Trinajstić information content (AvgIpc) is 2.38. The third-order valence-electron chi connectivity index (χ3n) is 3.19. The summed E-state index contributed by atoms with van der Waals surface area (Å²) in [6, 6.07) is 5.93. The lowest BCUT2D eigenvalue weighted by atomic mass is 10.0. The molecule has 0 saturated carbocycles. The van der Waals surface area contributed by atoms with Gasteiger partial charge in [-0.25, -0.2) is 0 Å². The fraction of sp³-hybridized carbons (Fsp3) is 0.533. The number of fused-ring (bicyclic) bond motifs is 1. The number of hydrogen-bond acceptors (Lipinski definition) is 2. The Morgan fingerprint density at radius 1 is 1.35 bits per heavy atom. The number of carbonyl (C=O) groups excluding carboxylic acids is 1. The van der Waals surface area contributed by atoms with Crippen LogP contribution in [0.3, 0.4) is 0 Å². The molecule has 0 heterocycles. The molecule has 92 valence electrons. The molecule has 0 amide bonds. The lowest BCUT2D eigenvalue weighted by Crippen LogP contribution is -2.08. The topological polar surface area (TPSA) is 26.3 Å². The number of ketones is 1. The second kappa shape index (κ2) is 4.91. The standard InChI is InChI=1S/C15H20O2/c1-10(2)17-13-7-6-12-5-4-11(3)8-15(16)14(12)9-13/h6-7,9-11H,4-5,8H2,1-3H3. The maximum atomic E-state index is 12.1. The van der Waals surface area contributed by atoms with E-state index in [0.717, 1.165) is 24.2 Å². The smallest absolute Gasteiger partial charge is 0.163 e. The minimum atomic E-state index is 0.146. The van der Waals surface area contributed by atoms with Crippen LogP contribution in [0.15, 0.2) is 18.2 Å². The highest BCUT2D eigenvalue weighted by molar-refractivity contribution is 5.98. The molecular weight excluding hydrogens is 212 g/mol. The van der Waals surface area contributed by atoms with Crippen LogP contribution in [0.4, 0.5) is 0 Å². The van der Waals surface area contributed by atoms with E-state index >= 15 is 0 Å². The molecule has 1 aliphatic rings. The van der Waals surface area contributed by atoms with Crippen molar-refractivity contribution in [3.05, 3.63) is 29.3 Å². The molecule has 1 aliphatic carbocycles. The molecule has 17 heavy (non-hydrogen) atoms. The van der Waals surface area contributed by atoms with Crippen molar-refractivity contribution >= 4 is 5.78 Å². The zero-order chi connectivity index (χ0) is 12.4. The second-order valence-electron chi connectivity index (χ2n) is 5.26. The summed E-state index contributed by atoms with van der Waals surface area (Å²) in [7, 11) is 0. The van der Waals surface area contributed by atoms with Crippen LogP contribution in [0.25, 0.3) is 0 Å². The molecule has 1 aromatic carbocycles. The van der Waals surface area contributed by atoms with Gasteiger partial charge in [-0.3, -0.25) is 4.79 Å². The van der Waals surface area contributed by atoms with Gasteiger partial charge in [0.2, 0.25) is 0 Å². The van der Waals surface area contributed by atoms with Crippen molar-refractivity contribution in [1.29, 1.82) is 0 Å². The fourth-order valence-corrected chi connectivity index (χ4v) is 2.31. The summed E-state index contributed by atoms with van der Waals surface area (Å²) in [4.78, 5) is 12.1. The van der Waals surface area contributed by atoms with E-state index in [4.69, 9.17) is 4.74 Å². The number of benzene rings is 1. The van der Waals surface area contributed by atoms with E-state index in [9.17, 15) is 4.79 Å². The van der Waals surface area contributed by atoms with E-state index in [2.05, 4.69) is 6.92 Å². The maximum absolute atomic E-state index is 12.1. The molecule has 0 aliphatic heterocycles. The first-order valence-corrected chi connectivity index (χ1v) is 6.39. The Morgan fingerprint density at radius 3 is 2.82 bits per heavy atom. The average molecular weight is 232 g/mol. The van der Waals surface area contributed by atoms with Gasteiger partial charge in [0.1, 0.15) is 5.75 Å². The molecule has 0 radical (unpaired) electrons. The molecule has 2 nitrogen and oxygen atoms in total. The molecule has 0 fully saturated rings. The summed E-state index contributed by atoms with van der Waals surface area (Å²) in [6.07, 6.45) is 2.92. The largest absolute Gasteiger partial charge is 0.491 e. The molecule has 0 spiro atoms. The molecular formula is C15H20O2. The Balaban J connectivity index is 2.31. The minimum absolute atomic E-state index is 0.146. The quantitative estimate of drug-likeness (QED) is 0.728. The SMILES string of the molecule is CC1CCc2ccc(OC(C)C)cc2C(=O)C1. The van der Waals surface area contributed by atoms with E-state index in [-0.39, 0.29) is 11.9 Å². The first kappa shape index (κ1) is 12.2. The van der Waals surface area contributed by atoms with Gasteiger partial charge in [0.05, 0.1) is 6.10 Å². The highest BCUT2D eigenvalue weighted by atomic mass is 16.5. The van der Waals surface area contributed by atoms with Crippen molar-refractivity contribution in [3.8, 4) is 5.75 Å². The van der Waals surface area contributed by atoms with Crippen LogP contribution in [-0.4, -0.2) is 11.9 Å². The van der Waals surface area contributed by atoms with E-state index in [1.165, 1.54) is 5.56 Å². The number of carbonyl (C=O) groups is 1. The number of Topliss-reactive ketones (excluding diaryl/α,β-unsaturated/α-hetero) is 1. The van der Waals surface area contributed by atoms with Gasteiger partial charge in [0, 0.05) is 12.0 Å². The van der Waals surface area contributed by atoms with E-state index in [1.54, 1.807) is 0 Å². The van der Waals surface area contributed by atoms with E-state index in [1.807, 2.05) is 32.0 Å². The third kappa shape index (κ3) is 2.87. The van der Waals surface area contributed by atoms with Crippen LogP contribution in [-0.2, 0) is 6.42 Å². The highest BCUT2D eigenvalue weighted by Crippen LogP contribution is 2.27. The first-order valence-electron chi connectivity index (χ1n) is 6.39. The molecule has 0 N–H and O–H groups in total. The predicted octanol–water partition coefficient (Wildman–Crippen LogP) is 3.63. The van der Waals surface area contributed by atoms with Crippen LogP contribution >= 0.6 is 0 Å². The number of ether oxygens (including phenoxy) is 1. The molecule has 2 rings (SSSR count). The van der Waals surface area contributed by atoms with Crippen molar-refractivity contribution in [2.24, 2.45) is 5.92 Å². The van der Waals surface area contributed by atoms with Gasteiger partial charge in [-0.2, -0.15) is 0 Å². The molecule has 0 aromatic heterocycles. The second-order valence-corrected chi connectivity index (χ2v) is 5.26. The van der Waals surface area contributed by atoms with Crippen molar-refractivity contribution in [2.45, 2.75) is 46.1 Å². The van der Waals surface area contributed by atoms with Crippen molar-refractivity contribution in [3.63, 3.8) is 0 Å². The Morgan fingerprint density at radius 2 is 2.12 bits per heavy atom. The molecule has 1 unspecified atom stereocenters. The summed E-state index contributed by atoms with van der Waals surface area (Å²) in [6.45, 7) is 6.14. The number of rotatable bonds is 2. The Bertz CT molecular complexity index is 421. The van der Waals surface area contributed by atoms with Crippen molar-refractivity contribution in [2.75, 3.05) is 0 Å². The Hall–Kier alpha value is -1.31. The lowest BCUT2D eigenvalue weighted by molar-refractivity contribution is 0.0966. The van der Waals surface area contributed by atoms with Crippen LogP contribution in [0.1, 0.15) is 49.5 Å². The summed E-state index contributed by atoms with van der Waals surface area (Å²) >= 11 is 0. The summed E-state index contributed by atoms with van der Waals surface area (Å²) in [5.74, 6) is 1.56. The molecule has 0 saturated heterocycles. The third-order valence-corrected chi connectivity index (χ3v) is 3.19. The summed E-state index contributed by atoms with van der Waals surface area (Å²) in [5.41, 5.74) is 2.04. The monoisotopic (exact) mass is 232 g/mol. The minimum Gasteiger partial charge on any atom is -0.491 e. The maximum Gasteiger partial charge on any atom is 0.163 e. The zero-order valence-corrected chi connectivity index (χ0v) is 10.8.